The predicted octanol–water partition coefficient (Wildman–Crippen LogP) is 2.09. The number of imide groups is 1. The van der Waals surface area contributed by atoms with E-state index in [0.717, 1.165) is 22.2 Å². The molecule has 1 heterocycles. The molecule has 1 fully saturated rings. The molecule has 0 saturated carbocycles. The molecule has 1 unspecified atom stereocenters. The highest BCUT2D eigenvalue weighted by molar-refractivity contribution is 8.00. The van der Waals surface area contributed by atoms with Crippen LogP contribution < -0.4 is 21.7 Å². The summed E-state index contributed by atoms with van der Waals surface area (Å²) < 4.78 is 0. The van der Waals surface area contributed by atoms with Crippen LogP contribution in [0.15, 0.2) is 42.0 Å². The van der Waals surface area contributed by atoms with Crippen molar-refractivity contribution in [2.24, 2.45) is 17.1 Å². The number of carboxylic acids is 2. The Morgan fingerprint density at radius 2 is 1.60 bits per heavy atom. The molecular weight excluding hydrogens is 769 g/mol. The Labute approximate surface area is 345 Å². The number of thioether (sulfide) groups is 1. The molecule has 16 nitrogen and oxygen atoms in total. The van der Waals surface area contributed by atoms with Gasteiger partial charge in [0.25, 0.3) is 0 Å². The smallest absolute Gasteiger partial charge is 0.321 e. The van der Waals surface area contributed by atoms with Gasteiger partial charge in [-0.3, -0.25) is 43.3 Å². The van der Waals surface area contributed by atoms with Gasteiger partial charge in [-0.25, -0.2) is 0 Å². The maximum Gasteiger partial charge on any atom is 0.321 e. The third kappa shape index (κ3) is 13.5. The lowest BCUT2D eigenvalue weighted by Crippen LogP contribution is -2.61. The SMILES string of the molecule is CN[C@H](C(=O)N[C@H](C(=O)N(C)[C@H](/C=C(\C)C(=O)N[C@H](CC(=O)O)C(=O)CCCN1C(=O)CC(SC[C@H](N)C(=O)O)C1=O)C(C)C)C(C)(C)C)C(C)(C)c1ccccc1. The van der Waals surface area contributed by atoms with E-state index in [9.17, 15) is 43.5 Å². The summed E-state index contributed by atoms with van der Waals surface area (Å²) in [7, 11) is 3.28. The molecule has 1 aliphatic heterocycles. The van der Waals surface area contributed by atoms with Crippen molar-refractivity contribution in [1.29, 1.82) is 0 Å². The zero-order valence-corrected chi connectivity index (χ0v) is 36.1. The summed E-state index contributed by atoms with van der Waals surface area (Å²) in [5.74, 6) is -5.95. The minimum atomic E-state index is -1.42. The first kappa shape index (κ1) is 49.5. The van der Waals surface area contributed by atoms with E-state index in [1.54, 1.807) is 20.2 Å². The second kappa shape index (κ2) is 21.4. The average molecular weight is 831 g/mol. The number of nitrogens with one attached hydrogen (secondary N) is 3. The highest BCUT2D eigenvalue weighted by Gasteiger charge is 2.42. The number of nitrogens with two attached hydrogens (primary N) is 1. The fourth-order valence-corrected chi connectivity index (χ4v) is 7.86. The van der Waals surface area contributed by atoms with Crippen LogP contribution in [-0.2, 0) is 43.8 Å². The lowest BCUT2D eigenvalue weighted by atomic mass is 9.76. The number of carboxylic acid groups (broad SMARTS) is 2. The Morgan fingerprint density at radius 3 is 2.12 bits per heavy atom. The highest BCUT2D eigenvalue weighted by atomic mass is 32.2. The van der Waals surface area contributed by atoms with Gasteiger partial charge in [0.15, 0.2) is 5.78 Å². The second-order valence-electron chi connectivity index (χ2n) is 16.7. The number of nitrogens with zero attached hydrogens (tertiary/aromatic N) is 2. The van der Waals surface area contributed by atoms with Crippen LogP contribution in [0.25, 0.3) is 0 Å². The van der Waals surface area contributed by atoms with Crippen LogP contribution in [0, 0.1) is 11.3 Å². The quantitative estimate of drug-likeness (QED) is 0.0725. The molecular formula is C41H62N6O10S. The van der Waals surface area contributed by atoms with Gasteiger partial charge >= 0.3 is 11.9 Å². The van der Waals surface area contributed by atoms with Gasteiger partial charge in [-0.1, -0.05) is 84.9 Å². The van der Waals surface area contributed by atoms with E-state index in [2.05, 4.69) is 16.0 Å². The number of benzene rings is 1. The summed E-state index contributed by atoms with van der Waals surface area (Å²) >= 11 is 0.969. The number of hydrogen-bond acceptors (Lipinski definition) is 11. The van der Waals surface area contributed by atoms with Crippen LogP contribution in [0.2, 0.25) is 0 Å². The van der Waals surface area contributed by atoms with Crippen molar-refractivity contribution in [3.8, 4) is 0 Å². The van der Waals surface area contributed by atoms with Crippen LogP contribution in [0.1, 0.15) is 86.6 Å². The van der Waals surface area contributed by atoms with Gasteiger partial charge in [0.1, 0.15) is 12.1 Å². The van der Waals surface area contributed by atoms with Gasteiger partial charge in [-0.05, 0) is 37.3 Å². The maximum absolute atomic E-state index is 14.3. The molecule has 1 aromatic rings. The molecule has 2 rings (SSSR count). The lowest BCUT2D eigenvalue weighted by molar-refractivity contribution is -0.141. The second-order valence-corrected chi connectivity index (χ2v) is 17.9. The zero-order valence-electron chi connectivity index (χ0n) is 35.3. The molecule has 1 aromatic carbocycles. The van der Waals surface area contributed by atoms with E-state index in [4.69, 9.17) is 10.8 Å². The Bertz CT molecular complexity index is 1710. The lowest BCUT2D eigenvalue weighted by Gasteiger charge is -2.40. The van der Waals surface area contributed by atoms with Crippen LogP contribution in [0.4, 0.5) is 0 Å². The molecule has 1 saturated heterocycles. The standard InChI is InChI=1S/C41H62N6O10S/c1-23(2)28(46(10)38(55)34(40(4,5)6)45-36(53)33(43-9)41(7,8)25-15-12-11-13-16-25)19-24(3)35(52)44-27(20-32(50)51)29(48)17-14-18-47-31(49)21-30(37(47)54)58-22-26(42)39(56)57/h11-13,15-16,19,23,26-28,30,33-34,43H,14,17-18,20-22,42H2,1-10H3,(H,44,52)(H,45,53)(H,50,51)(H,56,57)/b24-19+/t26-,27+,28+,30?,33+,34+/m0/s1. The van der Waals surface area contributed by atoms with Gasteiger partial charge in [0.2, 0.25) is 29.5 Å². The number of amides is 5. The summed E-state index contributed by atoms with van der Waals surface area (Å²) in [5.41, 5.74) is 5.21. The number of hydrogen-bond donors (Lipinski definition) is 6. The van der Waals surface area contributed by atoms with Crippen molar-refractivity contribution >= 4 is 59.0 Å². The van der Waals surface area contributed by atoms with E-state index in [1.165, 1.54) is 11.8 Å². The maximum atomic E-state index is 14.3. The summed E-state index contributed by atoms with van der Waals surface area (Å²) in [6, 6.07) is 4.67. The summed E-state index contributed by atoms with van der Waals surface area (Å²) in [4.78, 5) is 105. The Morgan fingerprint density at radius 1 is 1.00 bits per heavy atom. The fourth-order valence-electron chi connectivity index (χ4n) is 6.75. The molecule has 58 heavy (non-hydrogen) atoms. The average Bonchev–Trinajstić information content (AvgIpc) is 3.41. The number of aliphatic carboxylic acids is 2. The topological polar surface area (TPSA) is 246 Å². The number of likely N-dealkylation sites (tertiary alicyclic amines) is 1. The first-order chi connectivity index (χ1) is 26.8. The van der Waals surface area contributed by atoms with Crippen LogP contribution in [0.5, 0.6) is 0 Å². The molecule has 0 radical (unpaired) electrons. The number of ketones is 1. The largest absolute Gasteiger partial charge is 0.481 e. The van der Waals surface area contributed by atoms with Crippen LogP contribution in [-0.4, -0.2) is 129 Å². The molecule has 7 N–H and O–H groups in total. The monoisotopic (exact) mass is 830 g/mol. The molecule has 17 heteroatoms. The zero-order chi connectivity index (χ0) is 44.3. The van der Waals surface area contributed by atoms with Gasteiger partial charge in [-0.2, -0.15) is 0 Å². The molecule has 1 aliphatic rings. The minimum Gasteiger partial charge on any atom is -0.481 e. The Hall–Kier alpha value is -4.61. The summed E-state index contributed by atoms with van der Waals surface area (Å²) in [6.45, 7) is 14.5. The molecule has 0 aliphatic carbocycles. The fraction of sp³-hybridized carbons (Fsp3) is 0.610. The molecule has 322 valence electrons. The van der Waals surface area contributed by atoms with Crippen molar-refractivity contribution in [3.63, 3.8) is 0 Å². The molecule has 6 atom stereocenters. The molecule has 0 bridgehead atoms. The van der Waals surface area contributed by atoms with E-state index >= 15 is 0 Å². The van der Waals surface area contributed by atoms with Crippen molar-refractivity contribution in [2.75, 3.05) is 26.4 Å². The van der Waals surface area contributed by atoms with E-state index < -0.39 is 88.2 Å². The van der Waals surface area contributed by atoms with E-state index in [-0.39, 0.29) is 54.9 Å². The van der Waals surface area contributed by atoms with Crippen molar-refractivity contribution < 1.29 is 48.6 Å². The van der Waals surface area contributed by atoms with Gasteiger partial charge in [0, 0.05) is 43.2 Å². The number of rotatable bonds is 22. The normalized spacial score (nSPS) is 17.6. The predicted molar refractivity (Wildman–Crippen MR) is 220 cm³/mol. The third-order valence-electron chi connectivity index (χ3n) is 10.3. The van der Waals surface area contributed by atoms with Crippen LogP contribution >= 0.6 is 11.8 Å². The number of carbonyl (C=O) groups excluding carboxylic acids is 6. The van der Waals surface area contributed by atoms with Crippen molar-refractivity contribution in [3.05, 3.63) is 47.5 Å². The minimum absolute atomic E-state index is 0.00970. The number of Topliss-reactive ketones (excluding diaryl/α,β-unsaturated/α-hetero) is 1. The molecule has 0 aromatic heterocycles. The van der Waals surface area contributed by atoms with Crippen LogP contribution in [0.3, 0.4) is 0 Å². The molecule has 0 spiro atoms. The summed E-state index contributed by atoms with van der Waals surface area (Å²) in [6.07, 6.45) is 0.480. The molecule has 5 amide bonds. The summed E-state index contributed by atoms with van der Waals surface area (Å²) in [5, 5.41) is 26.4. The number of likely N-dealkylation sites (N-methyl/N-ethyl adjacent to an activating group) is 2. The first-order valence-electron chi connectivity index (χ1n) is 19.3. The van der Waals surface area contributed by atoms with E-state index in [0.29, 0.717) is 0 Å². The Balaban J connectivity index is 2.19. The first-order valence-corrected chi connectivity index (χ1v) is 20.4. The van der Waals surface area contributed by atoms with Gasteiger partial charge in [-0.15, -0.1) is 11.8 Å². The highest BCUT2D eigenvalue weighted by Crippen LogP contribution is 2.30. The third-order valence-corrected chi connectivity index (χ3v) is 11.6. The van der Waals surface area contributed by atoms with Crippen molar-refractivity contribution in [1.82, 2.24) is 25.8 Å². The van der Waals surface area contributed by atoms with Gasteiger partial charge < -0.3 is 36.8 Å². The number of carbonyl (C=O) groups is 8. The Kier molecular flexibility index (Phi) is 18.3. The van der Waals surface area contributed by atoms with Crippen molar-refractivity contribution in [2.45, 2.75) is 122 Å². The van der Waals surface area contributed by atoms with E-state index in [1.807, 2.05) is 78.8 Å². The van der Waals surface area contributed by atoms with Gasteiger partial charge in [0.05, 0.1) is 29.8 Å².